The third-order valence-corrected chi connectivity index (χ3v) is 5.02. The number of methoxy groups -OCH3 is 1. The highest BCUT2D eigenvalue weighted by atomic mass is 79.9. The molecule has 3 nitrogen and oxygen atoms in total. The van der Waals surface area contributed by atoms with Crippen LogP contribution in [0.3, 0.4) is 0 Å². The summed E-state index contributed by atoms with van der Waals surface area (Å²) in [4.78, 5) is 5.28. The van der Waals surface area contributed by atoms with Gasteiger partial charge in [-0.3, -0.25) is 9.80 Å². The molecule has 0 aromatic heterocycles. The van der Waals surface area contributed by atoms with E-state index in [-0.39, 0.29) is 0 Å². The summed E-state index contributed by atoms with van der Waals surface area (Å²) in [6.45, 7) is 5.97. The van der Waals surface area contributed by atoms with Gasteiger partial charge in [0.25, 0.3) is 0 Å². The molecular formula is C16H23BrN2O. The summed E-state index contributed by atoms with van der Waals surface area (Å²) < 4.78 is 6.63. The van der Waals surface area contributed by atoms with Gasteiger partial charge in [-0.2, -0.15) is 0 Å². The van der Waals surface area contributed by atoms with Crippen LogP contribution in [0.1, 0.15) is 24.8 Å². The molecule has 2 aliphatic heterocycles. The number of hydrogen-bond donors (Lipinski definition) is 0. The van der Waals surface area contributed by atoms with Crippen molar-refractivity contribution < 1.29 is 4.74 Å². The van der Waals surface area contributed by atoms with Crippen molar-refractivity contribution in [2.75, 3.05) is 33.3 Å². The van der Waals surface area contributed by atoms with Gasteiger partial charge in [-0.1, -0.05) is 15.9 Å². The molecule has 4 heteroatoms. The van der Waals surface area contributed by atoms with Crippen LogP contribution in [0.4, 0.5) is 0 Å². The molecule has 1 aromatic rings. The molecule has 20 heavy (non-hydrogen) atoms. The molecule has 0 N–H and O–H groups in total. The van der Waals surface area contributed by atoms with Gasteiger partial charge in [0.05, 0.1) is 7.11 Å². The summed E-state index contributed by atoms with van der Waals surface area (Å²) in [7, 11) is 1.76. The fraction of sp³-hybridized carbons (Fsp3) is 0.625. The molecule has 2 fully saturated rings. The van der Waals surface area contributed by atoms with Gasteiger partial charge in [0.1, 0.15) is 5.75 Å². The van der Waals surface area contributed by atoms with Crippen molar-refractivity contribution in [1.29, 1.82) is 0 Å². The van der Waals surface area contributed by atoms with Crippen molar-refractivity contribution in [3.05, 3.63) is 28.2 Å². The van der Waals surface area contributed by atoms with Crippen LogP contribution in [0, 0.1) is 0 Å². The first-order chi connectivity index (χ1) is 9.76. The summed E-state index contributed by atoms with van der Waals surface area (Å²) in [6, 6.07) is 7.06. The Balaban J connectivity index is 1.72. The average molecular weight is 339 g/mol. The first-order valence-electron chi connectivity index (χ1n) is 7.55. The molecule has 2 heterocycles. The highest BCUT2D eigenvalue weighted by molar-refractivity contribution is 9.10. The molecule has 0 saturated carbocycles. The van der Waals surface area contributed by atoms with Crippen molar-refractivity contribution in [3.8, 4) is 5.75 Å². The molecule has 0 amide bonds. The normalized spacial score (nSPS) is 24.4. The first kappa shape index (κ1) is 14.4. The van der Waals surface area contributed by atoms with E-state index < -0.39 is 0 Å². The van der Waals surface area contributed by atoms with Crippen LogP contribution in [0.5, 0.6) is 5.75 Å². The van der Waals surface area contributed by atoms with Gasteiger partial charge >= 0.3 is 0 Å². The van der Waals surface area contributed by atoms with E-state index in [0.717, 1.165) is 22.8 Å². The minimum atomic E-state index is 0.774. The smallest absolute Gasteiger partial charge is 0.123 e. The fourth-order valence-corrected chi connectivity index (χ4v) is 3.95. The molecule has 1 atom stereocenters. The van der Waals surface area contributed by atoms with Crippen molar-refractivity contribution in [3.63, 3.8) is 0 Å². The monoisotopic (exact) mass is 338 g/mol. The van der Waals surface area contributed by atoms with Crippen molar-refractivity contribution in [1.82, 2.24) is 9.80 Å². The first-order valence-corrected chi connectivity index (χ1v) is 8.34. The van der Waals surface area contributed by atoms with Crippen molar-refractivity contribution in [2.45, 2.75) is 31.8 Å². The molecule has 3 rings (SSSR count). The number of halogens is 1. The lowest BCUT2D eigenvalue weighted by Crippen LogP contribution is -2.36. The quantitative estimate of drug-likeness (QED) is 0.842. The Morgan fingerprint density at radius 2 is 2.10 bits per heavy atom. The summed E-state index contributed by atoms with van der Waals surface area (Å²) in [5.74, 6) is 1.00. The van der Waals surface area contributed by atoms with E-state index >= 15 is 0 Å². The van der Waals surface area contributed by atoms with Gasteiger partial charge in [0, 0.05) is 29.2 Å². The SMILES string of the molecule is COc1ccc(Br)cc1CN1CCCN2CCCC2C1. The van der Waals surface area contributed by atoms with E-state index in [4.69, 9.17) is 4.74 Å². The molecule has 0 aliphatic carbocycles. The highest BCUT2D eigenvalue weighted by Gasteiger charge is 2.28. The van der Waals surface area contributed by atoms with E-state index in [9.17, 15) is 0 Å². The van der Waals surface area contributed by atoms with Crippen LogP contribution in [0.15, 0.2) is 22.7 Å². The van der Waals surface area contributed by atoms with Gasteiger partial charge in [0.2, 0.25) is 0 Å². The van der Waals surface area contributed by atoms with E-state index in [1.165, 1.54) is 51.0 Å². The summed E-state index contributed by atoms with van der Waals surface area (Å²) in [5.41, 5.74) is 1.29. The largest absolute Gasteiger partial charge is 0.496 e. The zero-order chi connectivity index (χ0) is 13.9. The van der Waals surface area contributed by atoms with Gasteiger partial charge in [-0.15, -0.1) is 0 Å². The van der Waals surface area contributed by atoms with Gasteiger partial charge < -0.3 is 4.74 Å². The van der Waals surface area contributed by atoms with Crippen molar-refractivity contribution in [2.24, 2.45) is 0 Å². The molecule has 0 radical (unpaired) electrons. The molecule has 2 saturated heterocycles. The number of ether oxygens (including phenoxy) is 1. The van der Waals surface area contributed by atoms with Crippen LogP contribution >= 0.6 is 15.9 Å². The van der Waals surface area contributed by atoms with E-state index in [2.05, 4.69) is 37.9 Å². The van der Waals surface area contributed by atoms with E-state index in [1.807, 2.05) is 6.07 Å². The topological polar surface area (TPSA) is 15.7 Å². The second kappa shape index (κ2) is 6.46. The number of benzene rings is 1. The molecule has 1 unspecified atom stereocenters. The summed E-state index contributed by atoms with van der Waals surface area (Å²) >= 11 is 3.57. The third kappa shape index (κ3) is 3.18. The maximum Gasteiger partial charge on any atom is 0.123 e. The fourth-order valence-electron chi connectivity index (χ4n) is 3.54. The zero-order valence-corrected chi connectivity index (χ0v) is 13.7. The average Bonchev–Trinajstić information content (AvgIpc) is 2.78. The molecule has 0 bridgehead atoms. The second-order valence-electron chi connectivity index (χ2n) is 5.88. The van der Waals surface area contributed by atoms with Crippen LogP contribution in [-0.2, 0) is 6.54 Å². The molecule has 2 aliphatic rings. The lowest BCUT2D eigenvalue weighted by atomic mass is 10.1. The lowest BCUT2D eigenvalue weighted by molar-refractivity contribution is 0.214. The third-order valence-electron chi connectivity index (χ3n) is 4.52. The van der Waals surface area contributed by atoms with Gasteiger partial charge in [0.15, 0.2) is 0 Å². The Kier molecular flexibility index (Phi) is 4.64. The number of fused-ring (bicyclic) bond motifs is 1. The second-order valence-corrected chi connectivity index (χ2v) is 6.79. The molecule has 0 spiro atoms. The van der Waals surface area contributed by atoms with Crippen LogP contribution in [0.25, 0.3) is 0 Å². The Labute approximate surface area is 130 Å². The number of hydrogen-bond acceptors (Lipinski definition) is 3. The van der Waals surface area contributed by atoms with Gasteiger partial charge in [-0.05, 0) is 57.1 Å². The van der Waals surface area contributed by atoms with Crippen LogP contribution in [0.2, 0.25) is 0 Å². The number of nitrogens with zero attached hydrogens (tertiary/aromatic N) is 2. The van der Waals surface area contributed by atoms with Crippen molar-refractivity contribution >= 4 is 15.9 Å². The van der Waals surface area contributed by atoms with E-state index in [1.54, 1.807) is 7.11 Å². The maximum atomic E-state index is 5.50. The van der Waals surface area contributed by atoms with Crippen LogP contribution < -0.4 is 4.74 Å². The maximum absolute atomic E-state index is 5.50. The molecule has 1 aromatic carbocycles. The Morgan fingerprint density at radius 3 is 2.95 bits per heavy atom. The highest BCUT2D eigenvalue weighted by Crippen LogP contribution is 2.27. The molecule has 110 valence electrons. The Hall–Kier alpha value is -0.580. The lowest BCUT2D eigenvalue weighted by Gasteiger charge is -2.26. The Bertz CT molecular complexity index is 466. The zero-order valence-electron chi connectivity index (χ0n) is 12.1. The minimum absolute atomic E-state index is 0.774. The summed E-state index contributed by atoms with van der Waals surface area (Å²) in [6.07, 6.45) is 4.03. The van der Waals surface area contributed by atoms with Gasteiger partial charge in [-0.25, -0.2) is 0 Å². The predicted octanol–water partition coefficient (Wildman–Crippen LogP) is 3.13. The molecular weight excluding hydrogens is 316 g/mol. The van der Waals surface area contributed by atoms with E-state index in [0.29, 0.717) is 0 Å². The minimum Gasteiger partial charge on any atom is -0.496 e. The predicted molar refractivity (Wildman–Crippen MR) is 85.2 cm³/mol. The standard InChI is InChI=1S/C16H23BrN2O/c1-20-16-6-5-14(17)10-13(16)11-18-7-3-9-19-8-2-4-15(19)12-18/h5-6,10,15H,2-4,7-9,11-12H2,1H3. The Morgan fingerprint density at radius 1 is 1.25 bits per heavy atom. The summed E-state index contributed by atoms with van der Waals surface area (Å²) in [5, 5.41) is 0. The van der Waals surface area contributed by atoms with Crippen LogP contribution in [-0.4, -0.2) is 49.1 Å². The number of rotatable bonds is 3.